The maximum absolute atomic E-state index is 13.1. The van der Waals surface area contributed by atoms with Gasteiger partial charge in [0.1, 0.15) is 14.0 Å². The van der Waals surface area contributed by atoms with Crippen molar-refractivity contribution in [1.29, 1.82) is 0 Å². The second-order valence-electron chi connectivity index (χ2n) is 12.3. The Morgan fingerprint density at radius 1 is 0.902 bits per heavy atom. The van der Waals surface area contributed by atoms with Gasteiger partial charge < -0.3 is 19.3 Å². The van der Waals surface area contributed by atoms with Gasteiger partial charge in [-0.1, -0.05) is 12.1 Å². The Balaban J connectivity index is 1.23. The lowest BCUT2D eigenvalue weighted by atomic mass is 9.96. The fourth-order valence-corrected chi connectivity index (χ4v) is 7.71. The van der Waals surface area contributed by atoms with Gasteiger partial charge in [-0.15, -0.1) is 0 Å². The molecule has 3 aromatic carbocycles. The van der Waals surface area contributed by atoms with E-state index in [1.807, 2.05) is 65.0 Å². The topological polar surface area (TPSA) is 183 Å². The van der Waals surface area contributed by atoms with E-state index in [1.54, 1.807) is 0 Å². The molecular weight excluding hydrogens is 722 g/mol. The minimum atomic E-state index is -4.46. The number of nitrogens with zero attached hydrogens (tertiary/aromatic N) is 4. The Bertz CT molecular complexity index is 1880. The van der Waals surface area contributed by atoms with Crippen LogP contribution < -0.4 is 4.90 Å². The lowest BCUT2D eigenvalue weighted by molar-refractivity contribution is -0.0583. The van der Waals surface area contributed by atoms with Gasteiger partial charge in [0.05, 0.1) is 53.2 Å². The highest BCUT2D eigenvalue weighted by atomic mass is 32.2. The Morgan fingerprint density at radius 3 is 2.04 bits per heavy atom. The number of hydrogen-bond acceptors (Lipinski definition) is 13. The Morgan fingerprint density at radius 2 is 1.47 bits per heavy atom. The molecule has 4 atom stereocenters. The van der Waals surface area contributed by atoms with Gasteiger partial charge in [-0.2, -0.15) is 23.0 Å². The van der Waals surface area contributed by atoms with Crippen molar-refractivity contribution in [3.8, 4) is 0 Å². The van der Waals surface area contributed by atoms with Crippen LogP contribution in [0.5, 0.6) is 0 Å². The van der Waals surface area contributed by atoms with Crippen LogP contribution in [0.15, 0.2) is 92.8 Å². The van der Waals surface area contributed by atoms with Gasteiger partial charge in [0.15, 0.2) is 0 Å². The summed E-state index contributed by atoms with van der Waals surface area (Å²) in [5, 5.41) is 8.33. The van der Waals surface area contributed by atoms with Crippen molar-refractivity contribution < 1.29 is 49.0 Å². The van der Waals surface area contributed by atoms with E-state index in [9.17, 15) is 26.3 Å². The maximum atomic E-state index is 13.1. The number of phosphoric acid groups is 1. The molecule has 2 unspecified atom stereocenters. The molecule has 3 aromatic rings. The van der Waals surface area contributed by atoms with Crippen molar-refractivity contribution >= 4 is 52.9 Å². The number of ether oxygens (including phenoxy) is 2. The summed E-state index contributed by atoms with van der Waals surface area (Å²) in [4.78, 5) is 11.9. The predicted octanol–water partition coefficient (Wildman–Crippen LogP) is 4.37. The van der Waals surface area contributed by atoms with E-state index in [4.69, 9.17) is 22.7 Å². The van der Waals surface area contributed by atoms with Crippen LogP contribution >= 0.6 is 7.82 Å². The van der Waals surface area contributed by atoms with E-state index in [1.165, 1.54) is 55.6 Å². The average molecular weight is 767 g/mol. The molecule has 1 N–H and O–H groups in total. The zero-order valence-corrected chi connectivity index (χ0v) is 31.9. The fraction of sp³-hybridized carbons (Fsp3) is 0.438. The van der Waals surface area contributed by atoms with E-state index in [-0.39, 0.29) is 47.8 Å². The van der Waals surface area contributed by atoms with Gasteiger partial charge in [0.2, 0.25) is 10.0 Å². The summed E-state index contributed by atoms with van der Waals surface area (Å²) >= 11 is 0. The molecule has 51 heavy (non-hydrogen) atoms. The van der Waals surface area contributed by atoms with Crippen molar-refractivity contribution in [1.82, 2.24) is 4.31 Å². The number of sulfonamides is 1. The van der Waals surface area contributed by atoms with Crippen LogP contribution in [-0.4, -0.2) is 99.1 Å². The molecule has 0 aliphatic carbocycles. The van der Waals surface area contributed by atoms with E-state index < -0.39 is 40.7 Å². The third-order valence-electron chi connectivity index (χ3n) is 7.68. The van der Waals surface area contributed by atoms with Crippen LogP contribution in [0.2, 0.25) is 0 Å². The molecule has 4 rings (SSSR count). The van der Waals surface area contributed by atoms with Crippen molar-refractivity contribution in [2.24, 2.45) is 10.2 Å². The largest absolute Gasteiger partial charge is 0.472 e. The molecule has 0 radical (unpaired) electrons. The van der Waals surface area contributed by atoms with Crippen LogP contribution in [0.25, 0.3) is 0 Å². The molecule has 1 saturated heterocycles. The molecule has 15 nitrogen and oxygen atoms in total. The fourth-order valence-electron chi connectivity index (χ4n) is 4.93. The van der Waals surface area contributed by atoms with E-state index in [0.29, 0.717) is 23.4 Å². The molecular formula is C32H44BN4O11PS2. The SMILES string of the molecule is B[C@H]1CC(OC(C)C)[C@@H](COP(=O)(O)OCc2ccc(S(=O)(=O)OCCN(C)S(=O)(=O)c3ccc(/N=N/c4ccc(N(C)C)cc4)cc3)cc2)O1. The van der Waals surface area contributed by atoms with Crippen molar-refractivity contribution in [3.63, 3.8) is 0 Å². The van der Waals surface area contributed by atoms with E-state index >= 15 is 0 Å². The summed E-state index contributed by atoms with van der Waals surface area (Å²) in [5.74, 6) is 0. The van der Waals surface area contributed by atoms with Gasteiger partial charge in [-0.05, 0) is 86.5 Å². The number of phosphoric ester groups is 1. The van der Waals surface area contributed by atoms with Gasteiger partial charge in [-0.3, -0.25) is 13.2 Å². The minimum absolute atomic E-state index is 0.0106. The molecule has 1 aliphatic heterocycles. The Labute approximate surface area is 300 Å². The third kappa shape index (κ3) is 12.0. The molecule has 278 valence electrons. The number of anilines is 1. The molecule has 19 heteroatoms. The minimum Gasteiger partial charge on any atom is -0.379 e. The standard InChI is InChI=1S/C32H44BN4O11PS2/c1-23(2)47-30-20-32(33)48-31(30)22-45-49(38,39)44-21-24-6-14-29(15-7-24)51(42,43)46-19-18-37(5)50(40,41)28-16-10-26(11-17-28)35-34-25-8-12-27(13-9-25)36(3)4/h6-17,23,30-32H,18-22,33H2,1-5H3,(H,38,39)/b35-34+/t30?,31-,32-/m1/s1. The monoisotopic (exact) mass is 766 g/mol. The van der Waals surface area contributed by atoms with Crippen molar-refractivity contribution in [2.75, 3.05) is 45.8 Å². The third-order valence-corrected chi connectivity index (χ3v) is 11.8. The van der Waals surface area contributed by atoms with Crippen LogP contribution in [-0.2, 0) is 54.0 Å². The van der Waals surface area contributed by atoms with Crippen molar-refractivity contribution in [2.45, 2.75) is 61.0 Å². The number of benzene rings is 3. The second-order valence-corrected chi connectivity index (χ2v) is 17.4. The lowest BCUT2D eigenvalue weighted by Gasteiger charge is -2.22. The number of rotatable bonds is 18. The highest BCUT2D eigenvalue weighted by Gasteiger charge is 2.36. The number of azo groups is 1. The summed E-state index contributed by atoms with van der Waals surface area (Å²) in [6.45, 7) is 2.55. The average Bonchev–Trinajstić information content (AvgIpc) is 3.43. The van der Waals surface area contributed by atoms with Crippen LogP contribution in [0.3, 0.4) is 0 Å². The molecule has 1 fully saturated rings. The summed E-state index contributed by atoms with van der Waals surface area (Å²) < 4.78 is 92.0. The Hall–Kier alpha value is -3.03. The molecule has 0 spiro atoms. The van der Waals surface area contributed by atoms with Crippen molar-refractivity contribution in [3.05, 3.63) is 78.4 Å². The molecule has 0 aromatic heterocycles. The smallest absolute Gasteiger partial charge is 0.379 e. The van der Waals surface area contributed by atoms with Crippen LogP contribution in [0, 0.1) is 0 Å². The molecule has 0 amide bonds. The maximum Gasteiger partial charge on any atom is 0.472 e. The first kappa shape index (κ1) is 40.7. The summed E-state index contributed by atoms with van der Waals surface area (Å²) in [7, 11) is -5.60. The van der Waals surface area contributed by atoms with Gasteiger partial charge in [0.25, 0.3) is 10.1 Å². The molecule has 1 heterocycles. The summed E-state index contributed by atoms with van der Waals surface area (Å²) in [6.07, 6.45) is -0.213. The van der Waals surface area contributed by atoms with E-state index in [2.05, 4.69) is 10.2 Å². The molecule has 0 bridgehead atoms. The second kappa shape index (κ2) is 17.7. The highest BCUT2D eigenvalue weighted by molar-refractivity contribution is 7.89. The summed E-state index contributed by atoms with van der Waals surface area (Å²) in [6, 6.07) is 18.5. The highest BCUT2D eigenvalue weighted by Crippen LogP contribution is 2.45. The number of hydrogen-bond donors (Lipinski definition) is 1. The van der Waals surface area contributed by atoms with Crippen LogP contribution in [0.1, 0.15) is 25.8 Å². The zero-order chi connectivity index (χ0) is 37.4. The van der Waals surface area contributed by atoms with Gasteiger partial charge in [0, 0.05) is 39.4 Å². The first-order valence-corrected chi connectivity index (χ1v) is 20.5. The van der Waals surface area contributed by atoms with Gasteiger partial charge >= 0.3 is 7.82 Å². The first-order chi connectivity index (χ1) is 23.9. The van der Waals surface area contributed by atoms with Gasteiger partial charge in [-0.25, -0.2) is 13.0 Å². The molecule has 0 saturated carbocycles. The zero-order valence-electron chi connectivity index (χ0n) is 29.4. The Kier molecular flexibility index (Phi) is 14.1. The normalized spacial score (nSPS) is 19.6. The predicted molar refractivity (Wildman–Crippen MR) is 193 cm³/mol. The quantitative estimate of drug-likeness (QED) is 0.0837. The van der Waals surface area contributed by atoms with Crippen LogP contribution in [0.4, 0.5) is 17.1 Å². The van der Waals surface area contributed by atoms with E-state index in [0.717, 1.165) is 9.99 Å². The lowest BCUT2D eigenvalue weighted by Crippen LogP contribution is -2.31. The number of likely N-dealkylation sites (N-methyl/N-ethyl adjacent to an activating group) is 1. The first-order valence-electron chi connectivity index (χ1n) is 16.1. The molecule has 1 aliphatic rings. The summed E-state index contributed by atoms with van der Waals surface area (Å²) in [5.41, 5.74) is 2.51.